The molecule has 2 rings (SSSR count). The molecule has 13 heavy (non-hydrogen) atoms. The summed E-state index contributed by atoms with van der Waals surface area (Å²) in [6, 6.07) is 7.93. The quantitative estimate of drug-likeness (QED) is 0.468. The minimum Gasteiger partial charge on any atom is -0.389 e. The Morgan fingerprint density at radius 3 is 3.00 bits per heavy atom. The fourth-order valence-electron chi connectivity index (χ4n) is 1.33. The molecule has 0 spiro atoms. The van der Waals surface area contributed by atoms with Gasteiger partial charge in [0.15, 0.2) is 5.84 Å². The molecule has 1 aromatic carbocycles. The SMILES string of the molecule is CN(N)C1=NOCc2ccccc21. The summed E-state index contributed by atoms with van der Waals surface area (Å²) in [5.41, 5.74) is 2.16. The van der Waals surface area contributed by atoms with Crippen LogP contribution in [0.5, 0.6) is 0 Å². The van der Waals surface area contributed by atoms with E-state index in [4.69, 9.17) is 10.7 Å². The summed E-state index contributed by atoms with van der Waals surface area (Å²) < 4.78 is 0. The highest BCUT2D eigenvalue weighted by Gasteiger charge is 2.16. The molecule has 0 unspecified atom stereocenters. The van der Waals surface area contributed by atoms with Crippen molar-refractivity contribution in [2.24, 2.45) is 11.0 Å². The molecule has 4 nitrogen and oxygen atoms in total. The average molecular weight is 177 g/mol. The highest BCUT2D eigenvalue weighted by atomic mass is 16.6. The van der Waals surface area contributed by atoms with Crippen molar-refractivity contribution in [3.8, 4) is 0 Å². The molecule has 0 saturated carbocycles. The van der Waals surface area contributed by atoms with Crippen molar-refractivity contribution < 1.29 is 4.84 Å². The monoisotopic (exact) mass is 177 g/mol. The third-order valence-corrected chi connectivity index (χ3v) is 1.96. The van der Waals surface area contributed by atoms with E-state index in [1.165, 1.54) is 5.01 Å². The van der Waals surface area contributed by atoms with Gasteiger partial charge in [-0.2, -0.15) is 0 Å². The molecule has 1 aliphatic rings. The van der Waals surface area contributed by atoms with Crippen LogP contribution in [-0.2, 0) is 11.4 Å². The third kappa shape index (κ3) is 1.36. The van der Waals surface area contributed by atoms with Gasteiger partial charge in [-0.15, -0.1) is 0 Å². The first-order valence-corrected chi connectivity index (χ1v) is 4.05. The molecule has 68 valence electrons. The number of hydrazine groups is 1. The molecule has 0 bridgehead atoms. The van der Waals surface area contributed by atoms with Crippen LogP contribution in [0.1, 0.15) is 11.1 Å². The Bertz CT molecular complexity index is 346. The lowest BCUT2D eigenvalue weighted by Crippen LogP contribution is -2.36. The van der Waals surface area contributed by atoms with Gasteiger partial charge in [-0.3, -0.25) is 5.01 Å². The maximum Gasteiger partial charge on any atom is 0.189 e. The molecule has 1 heterocycles. The summed E-state index contributed by atoms with van der Waals surface area (Å²) in [7, 11) is 1.74. The fourth-order valence-corrected chi connectivity index (χ4v) is 1.33. The predicted octanol–water partition coefficient (Wildman–Crippen LogP) is 0.684. The summed E-state index contributed by atoms with van der Waals surface area (Å²) in [6.45, 7) is 0.521. The first-order chi connectivity index (χ1) is 6.29. The van der Waals surface area contributed by atoms with Crippen molar-refractivity contribution in [2.75, 3.05) is 7.05 Å². The molecular weight excluding hydrogens is 166 g/mol. The lowest BCUT2D eigenvalue weighted by Gasteiger charge is -2.20. The van der Waals surface area contributed by atoms with Crippen LogP contribution in [0.4, 0.5) is 0 Å². The lowest BCUT2D eigenvalue weighted by atomic mass is 10.1. The number of hydrogen-bond acceptors (Lipinski definition) is 4. The van der Waals surface area contributed by atoms with Gasteiger partial charge in [-0.25, -0.2) is 5.84 Å². The number of amidine groups is 1. The van der Waals surface area contributed by atoms with Crippen LogP contribution in [-0.4, -0.2) is 17.9 Å². The predicted molar refractivity (Wildman–Crippen MR) is 49.7 cm³/mol. The molecule has 2 N–H and O–H groups in total. The van der Waals surface area contributed by atoms with E-state index in [0.29, 0.717) is 12.4 Å². The second kappa shape index (κ2) is 3.06. The van der Waals surface area contributed by atoms with Crippen molar-refractivity contribution in [1.29, 1.82) is 0 Å². The molecule has 1 aliphatic heterocycles. The summed E-state index contributed by atoms with van der Waals surface area (Å²) in [6.07, 6.45) is 0. The van der Waals surface area contributed by atoms with Crippen LogP contribution in [0.25, 0.3) is 0 Å². The van der Waals surface area contributed by atoms with Crippen LogP contribution in [0.2, 0.25) is 0 Å². The van der Waals surface area contributed by atoms with E-state index in [-0.39, 0.29) is 0 Å². The smallest absolute Gasteiger partial charge is 0.189 e. The Balaban J connectivity index is 2.47. The third-order valence-electron chi connectivity index (χ3n) is 1.96. The Kier molecular flexibility index (Phi) is 1.90. The summed E-state index contributed by atoms with van der Waals surface area (Å²) >= 11 is 0. The van der Waals surface area contributed by atoms with Gasteiger partial charge in [0, 0.05) is 18.2 Å². The number of hydrogen-bond donors (Lipinski definition) is 1. The maximum absolute atomic E-state index is 5.60. The zero-order valence-electron chi connectivity index (χ0n) is 7.40. The second-order valence-electron chi connectivity index (χ2n) is 2.96. The van der Waals surface area contributed by atoms with Crippen molar-refractivity contribution in [1.82, 2.24) is 5.01 Å². The van der Waals surface area contributed by atoms with Gasteiger partial charge in [0.1, 0.15) is 6.61 Å². The molecule has 0 atom stereocenters. The largest absolute Gasteiger partial charge is 0.389 e. The summed E-state index contributed by atoms with van der Waals surface area (Å²) in [5, 5.41) is 5.34. The highest BCUT2D eigenvalue weighted by Crippen LogP contribution is 2.16. The molecule has 4 heteroatoms. The molecule has 0 aromatic heterocycles. The molecule has 1 aromatic rings. The summed E-state index contributed by atoms with van der Waals surface area (Å²) in [4.78, 5) is 5.04. The lowest BCUT2D eigenvalue weighted by molar-refractivity contribution is 0.121. The van der Waals surface area contributed by atoms with Gasteiger partial charge in [0.2, 0.25) is 0 Å². The molecule has 0 aliphatic carbocycles. The highest BCUT2D eigenvalue weighted by molar-refractivity contribution is 5.99. The molecular formula is C9H11N3O. The van der Waals surface area contributed by atoms with Gasteiger partial charge >= 0.3 is 0 Å². The van der Waals surface area contributed by atoms with Crippen LogP contribution in [0.15, 0.2) is 29.4 Å². The number of rotatable bonds is 0. The Labute approximate surface area is 76.6 Å². The second-order valence-corrected chi connectivity index (χ2v) is 2.96. The van der Waals surface area contributed by atoms with E-state index in [0.717, 1.165) is 11.1 Å². The summed E-state index contributed by atoms with van der Waals surface area (Å²) in [5.74, 6) is 6.27. The van der Waals surface area contributed by atoms with Gasteiger partial charge in [-0.1, -0.05) is 29.4 Å². The van der Waals surface area contributed by atoms with Crippen LogP contribution < -0.4 is 5.84 Å². The average Bonchev–Trinajstić information content (AvgIpc) is 2.17. The first kappa shape index (κ1) is 8.07. The minimum absolute atomic E-state index is 0.521. The van der Waals surface area contributed by atoms with Crippen LogP contribution >= 0.6 is 0 Å². The van der Waals surface area contributed by atoms with Gasteiger partial charge in [0.25, 0.3) is 0 Å². The van der Waals surface area contributed by atoms with E-state index >= 15 is 0 Å². The fraction of sp³-hybridized carbons (Fsp3) is 0.222. The van der Waals surface area contributed by atoms with Gasteiger partial charge < -0.3 is 4.84 Å². The molecule has 0 saturated heterocycles. The van der Waals surface area contributed by atoms with E-state index in [1.807, 2.05) is 24.3 Å². The Morgan fingerprint density at radius 1 is 1.46 bits per heavy atom. The van der Waals surface area contributed by atoms with Crippen molar-refractivity contribution >= 4 is 5.84 Å². The number of fused-ring (bicyclic) bond motifs is 1. The first-order valence-electron chi connectivity index (χ1n) is 4.05. The normalized spacial score (nSPS) is 14.2. The van der Waals surface area contributed by atoms with Crippen LogP contribution in [0.3, 0.4) is 0 Å². The zero-order chi connectivity index (χ0) is 9.26. The maximum atomic E-state index is 5.60. The number of nitrogens with zero attached hydrogens (tertiary/aromatic N) is 2. The number of oxime groups is 1. The number of benzene rings is 1. The molecule has 0 fully saturated rings. The standard InChI is InChI=1S/C9H11N3O/c1-12(10)9-8-5-3-2-4-7(8)6-13-11-9/h2-5H,6,10H2,1H3. The van der Waals surface area contributed by atoms with Crippen LogP contribution in [0, 0.1) is 0 Å². The number of nitrogens with two attached hydrogens (primary N) is 1. The van der Waals surface area contributed by atoms with Crippen molar-refractivity contribution in [3.63, 3.8) is 0 Å². The van der Waals surface area contributed by atoms with E-state index in [2.05, 4.69) is 5.16 Å². The van der Waals surface area contributed by atoms with E-state index in [1.54, 1.807) is 7.05 Å². The minimum atomic E-state index is 0.521. The molecule has 0 amide bonds. The zero-order valence-corrected chi connectivity index (χ0v) is 7.40. The van der Waals surface area contributed by atoms with Crippen molar-refractivity contribution in [2.45, 2.75) is 6.61 Å². The van der Waals surface area contributed by atoms with E-state index < -0.39 is 0 Å². The topological polar surface area (TPSA) is 50.8 Å². The Morgan fingerprint density at radius 2 is 2.23 bits per heavy atom. The van der Waals surface area contributed by atoms with Gasteiger partial charge in [-0.05, 0) is 0 Å². The van der Waals surface area contributed by atoms with Crippen molar-refractivity contribution in [3.05, 3.63) is 35.4 Å². The van der Waals surface area contributed by atoms with E-state index in [9.17, 15) is 0 Å². The molecule has 0 radical (unpaired) electrons. The van der Waals surface area contributed by atoms with Gasteiger partial charge in [0.05, 0.1) is 0 Å². The Hall–Kier alpha value is -1.55.